The Kier molecular flexibility index (Phi) is 8.05. The number of ether oxygens (including phenoxy) is 1. The number of benzene rings is 2. The Morgan fingerprint density at radius 3 is 2.38 bits per heavy atom. The lowest BCUT2D eigenvalue weighted by Gasteiger charge is -2.37. The zero-order valence-corrected chi connectivity index (χ0v) is 18.9. The van der Waals surface area contributed by atoms with Gasteiger partial charge in [0.25, 0.3) is 0 Å². The zero-order chi connectivity index (χ0) is 20.7. The van der Waals surface area contributed by atoms with E-state index >= 15 is 0 Å². The third-order valence-corrected chi connectivity index (χ3v) is 7.36. The van der Waals surface area contributed by atoms with E-state index < -0.39 is 0 Å². The molecule has 0 fully saturated rings. The fourth-order valence-corrected chi connectivity index (χ4v) is 5.65. The molecule has 158 valence electrons. The number of aliphatic hydroxyl groups is 1. The van der Waals surface area contributed by atoms with Gasteiger partial charge >= 0.3 is 0 Å². The summed E-state index contributed by atoms with van der Waals surface area (Å²) in [6.07, 6.45) is 7.29. The highest BCUT2D eigenvalue weighted by Crippen LogP contribution is 2.43. The van der Waals surface area contributed by atoms with Crippen LogP contribution in [0.15, 0.2) is 47.4 Å². The van der Waals surface area contributed by atoms with E-state index in [0.717, 1.165) is 17.1 Å². The number of aliphatic hydroxyl groups excluding tert-OH is 1. The molecule has 1 aliphatic heterocycles. The van der Waals surface area contributed by atoms with Crippen molar-refractivity contribution < 1.29 is 9.84 Å². The summed E-state index contributed by atoms with van der Waals surface area (Å²) < 4.78 is 5.61. The summed E-state index contributed by atoms with van der Waals surface area (Å²) in [6.45, 7) is 4.55. The SMILES string of the molecule is CCCCC1(CCCC)CSc2cc(CO)c(OC)cc2C(c2ccccc2)N1. The van der Waals surface area contributed by atoms with Crippen molar-refractivity contribution in [3.8, 4) is 5.75 Å². The molecule has 2 N–H and O–H groups in total. The van der Waals surface area contributed by atoms with E-state index in [1.54, 1.807) is 7.11 Å². The number of thioether (sulfide) groups is 1. The van der Waals surface area contributed by atoms with Crippen molar-refractivity contribution >= 4 is 11.8 Å². The summed E-state index contributed by atoms with van der Waals surface area (Å²) >= 11 is 1.94. The van der Waals surface area contributed by atoms with E-state index in [1.807, 2.05) is 11.8 Å². The molecular weight excluding hydrogens is 378 g/mol. The van der Waals surface area contributed by atoms with Crippen LogP contribution in [0.5, 0.6) is 5.75 Å². The minimum absolute atomic E-state index is 0.00272. The molecule has 0 bridgehead atoms. The van der Waals surface area contributed by atoms with Crippen molar-refractivity contribution in [1.82, 2.24) is 5.32 Å². The molecule has 2 aromatic rings. The largest absolute Gasteiger partial charge is 0.496 e. The molecule has 3 nitrogen and oxygen atoms in total. The van der Waals surface area contributed by atoms with Crippen LogP contribution in [-0.2, 0) is 6.61 Å². The second-order valence-electron chi connectivity index (χ2n) is 8.12. The summed E-state index contributed by atoms with van der Waals surface area (Å²) in [5.41, 5.74) is 3.51. The number of nitrogens with one attached hydrogen (secondary N) is 1. The Hall–Kier alpha value is -1.49. The van der Waals surface area contributed by atoms with Gasteiger partial charge in [-0.25, -0.2) is 0 Å². The van der Waals surface area contributed by atoms with Crippen LogP contribution < -0.4 is 10.1 Å². The number of hydrogen-bond donors (Lipinski definition) is 2. The Bertz CT molecular complexity index is 770. The molecule has 4 heteroatoms. The molecule has 0 aliphatic carbocycles. The summed E-state index contributed by atoms with van der Waals surface area (Å²) in [6, 6.07) is 15.1. The van der Waals surface area contributed by atoms with Crippen LogP contribution >= 0.6 is 11.8 Å². The van der Waals surface area contributed by atoms with Crippen LogP contribution in [0.2, 0.25) is 0 Å². The Morgan fingerprint density at radius 1 is 1.10 bits per heavy atom. The lowest BCUT2D eigenvalue weighted by molar-refractivity contribution is 0.272. The number of fused-ring (bicyclic) bond motifs is 1. The molecule has 0 saturated heterocycles. The fourth-order valence-electron chi connectivity index (χ4n) is 4.28. The van der Waals surface area contributed by atoms with E-state index in [0.29, 0.717) is 0 Å². The first-order chi connectivity index (χ1) is 14.2. The van der Waals surface area contributed by atoms with Gasteiger partial charge in [0.05, 0.1) is 19.8 Å². The Balaban J connectivity index is 2.09. The summed E-state index contributed by atoms with van der Waals surface area (Å²) in [5, 5.41) is 14.0. The van der Waals surface area contributed by atoms with Crippen molar-refractivity contribution in [2.45, 2.75) is 75.5 Å². The topological polar surface area (TPSA) is 41.5 Å². The maximum absolute atomic E-state index is 9.83. The van der Waals surface area contributed by atoms with Gasteiger partial charge < -0.3 is 9.84 Å². The molecule has 1 heterocycles. The number of unbranched alkanes of at least 4 members (excludes halogenated alkanes) is 2. The number of hydrogen-bond acceptors (Lipinski definition) is 4. The second kappa shape index (κ2) is 10.5. The molecular formula is C25H35NO2S. The highest BCUT2D eigenvalue weighted by molar-refractivity contribution is 7.99. The van der Waals surface area contributed by atoms with Gasteiger partial charge in [-0.3, -0.25) is 5.32 Å². The van der Waals surface area contributed by atoms with Gasteiger partial charge in [-0.15, -0.1) is 11.8 Å². The number of rotatable bonds is 9. The third-order valence-electron chi connectivity index (χ3n) is 6.00. The molecule has 2 aromatic carbocycles. The first-order valence-electron chi connectivity index (χ1n) is 10.9. The van der Waals surface area contributed by atoms with Crippen LogP contribution in [0, 0.1) is 0 Å². The third kappa shape index (κ3) is 5.17. The van der Waals surface area contributed by atoms with E-state index in [1.165, 1.54) is 54.5 Å². The van der Waals surface area contributed by atoms with Gasteiger partial charge in [-0.2, -0.15) is 0 Å². The average Bonchev–Trinajstić information content (AvgIpc) is 2.93. The molecule has 3 rings (SSSR count). The minimum Gasteiger partial charge on any atom is -0.496 e. The Labute approximate surface area is 180 Å². The normalized spacial score (nSPS) is 18.1. The Morgan fingerprint density at radius 2 is 1.79 bits per heavy atom. The van der Waals surface area contributed by atoms with Crippen molar-refractivity contribution in [1.29, 1.82) is 0 Å². The van der Waals surface area contributed by atoms with E-state index in [2.05, 4.69) is 61.6 Å². The van der Waals surface area contributed by atoms with Crippen LogP contribution in [0.1, 0.15) is 75.1 Å². The minimum atomic E-state index is -0.00272. The average molecular weight is 414 g/mol. The van der Waals surface area contributed by atoms with E-state index in [-0.39, 0.29) is 18.2 Å². The van der Waals surface area contributed by atoms with E-state index in [4.69, 9.17) is 4.74 Å². The standard InChI is InChI=1S/C25H35NO2S/c1-4-6-13-25(14-7-5-2)18-29-23-15-20(17-27)22(28-3)16-21(23)24(26-25)19-11-9-8-10-12-19/h8-12,15-16,24,26-27H,4-7,13-14,17-18H2,1-3H3. The van der Waals surface area contributed by atoms with Crippen LogP contribution in [0.3, 0.4) is 0 Å². The van der Waals surface area contributed by atoms with Crippen molar-refractivity contribution in [2.24, 2.45) is 0 Å². The quantitative estimate of drug-likeness (QED) is 0.522. The van der Waals surface area contributed by atoms with E-state index in [9.17, 15) is 5.11 Å². The van der Waals surface area contributed by atoms with Gasteiger partial charge in [0.2, 0.25) is 0 Å². The lowest BCUT2D eigenvalue weighted by atomic mass is 9.86. The molecule has 1 aliphatic rings. The second-order valence-corrected chi connectivity index (χ2v) is 9.14. The van der Waals surface area contributed by atoms with Crippen LogP contribution in [0.25, 0.3) is 0 Å². The zero-order valence-electron chi connectivity index (χ0n) is 18.0. The van der Waals surface area contributed by atoms with Crippen molar-refractivity contribution in [2.75, 3.05) is 12.9 Å². The van der Waals surface area contributed by atoms with Gasteiger partial charge in [-0.1, -0.05) is 69.9 Å². The summed E-state index contributed by atoms with van der Waals surface area (Å²) in [4.78, 5) is 1.26. The van der Waals surface area contributed by atoms with Crippen molar-refractivity contribution in [3.05, 3.63) is 59.2 Å². The lowest BCUT2D eigenvalue weighted by Crippen LogP contribution is -2.48. The first-order valence-corrected chi connectivity index (χ1v) is 11.9. The predicted molar refractivity (Wildman–Crippen MR) is 123 cm³/mol. The van der Waals surface area contributed by atoms with Gasteiger partial charge in [-0.05, 0) is 36.1 Å². The molecule has 0 saturated carbocycles. The fraction of sp³-hybridized carbons (Fsp3) is 0.520. The van der Waals surface area contributed by atoms with Gasteiger partial charge in [0.15, 0.2) is 0 Å². The van der Waals surface area contributed by atoms with Crippen molar-refractivity contribution in [3.63, 3.8) is 0 Å². The molecule has 0 amide bonds. The molecule has 0 aromatic heterocycles. The highest BCUT2D eigenvalue weighted by Gasteiger charge is 2.36. The smallest absolute Gasteiger partial charge is 0.124 e. The first kappa shape index (κ1) is 22.2. The maximum atomic E-state index is 9.83. The molecule has 0 radical (unpaired) electrons. The predicted octanol–water partition coefficient (Wildman–Crippen LogP) is 6.09. The monoisotopic (exact) mass is 413 g/mol. The molecule has 29 heavy (non-hydrogen) atoms. The highest BCUT2D eigenvalue weighted by atomic mass is 32.2. The summed E-state index contributed by atoms with van der Waals surface area (Å²) in [7, 11) is 1.68. The van der Waals surface area contributed by atoms with Crippen LogP contribution in [-0.4, -0.2) is 23.5 Å². The molecule has 1 atom stereocenters. The maximum Gasteiger partial charge on any atom is 0.124 e. The molecule has 1 unspecified atom stereocenters. The van der Waals surface area contributed by atoms with Crippen LogP contribution in [0.4, 0.5) is 0 Å². The van der Waals surface area contributed by atoms with Gasteiger partial charge in [0.1, 0.15) is 5.75 Å². The molecule has 0 spiro atoms. The summed E-state index contributed by atoms with van der Waals surface area (Å²) in [5.74, 6) is 1.82. The van der Waals surface area contributed by atoms with Gasteiger partial charge in [0, 0.05) is 21.8 Å². The number of methoxy groups -OCH3 is 1.